The highest BCUT2D eigenvalue weighted by Crippen LogP contribution is 2.12. The minimum absolute atomic E-state index is 0.0702. The van der Waals surface area contributed by atoms with Crippen molar-refractivity contribution in [3.63, 3.8) is 0 Å². The number of nitrogens with one attached hydrogen (secondary N) is 1. The lowest BCUT2D eigenvalue weighted by atomic mass is 10.1. The van der Waals surface area contributed by atoms with Crippen molar-refractivity contribution < 1.29 is 15.0 Å². The summed E-state index contributed by atoms with van der Waals surface area (Å²) in [5.74, 6) is -0.0702. The molecule has 0 aromatic rings. The molecule has 190 valence electrons. The topological polar surface area (TPSA) is 69.6 Å². The molecule has 0 rings (SSSR count). The van der Waals surface area contributed by atoms with Crippen molar-refractivity contribution in [2.45, 2.75) is 154 Å². The zero-order valence-electron chi connectivity index (χ0n) is 21.5. The molecule has 0 saturated carbocycles. The molecule has 32 heavy (non-hydrogen) atoms. The van der Waals surface area contributed by atoms with Gasteiger partial charge in [0.05, 0.1) is 18.8 Å². The molecule has 0 unspecified atom stereocenters. The van der Waals surface area contributed by atoms with Gasteiger partial charge in [-0.1, -0.05) is 129 Å². The first-order chi connectivity index (χ1) is 15.7. The van der Waals surface area contributed by atoms with Crippen LogP contribution in [0.4, 0.5) is 0 Å². The Balaban J connectivity index is 3.72. The number of carbonyl (C=O) groups is 1. The number of unbranched alkanes of at least 4 members (excludes halogenated alkanes) is 17. The molecule has 0 bridgehead atoms. The Morgan fingerprint density at radius 2 is 1.16 bits per heavy atom. The molecule has 0 aromatic heterocycles. The van der Waals surface area contributed by atoms with Gasteiger partial charge in [0, 0.05) is 6.42 Å². The highest BCUT2D eigenvalue weighted by molar-refractivity contribution is 5.76. The van der Waals surface area contributed by atoms with Crippen LogP contribution in [0, 0.1) is 0 Å². The van der Waals surface area contributed by atoms with Gasteiger partial charge in [-0.15, -0.1) is 0 Å². The highest BCUT2D eigenvalue weighted by Gasteiger charge is 2.17. The Labute approximate surface area is 199 Å². The average Bonchev–Trinajstić information content (AvgIpc) is 2.79. The van der Waals surface area contributed by atoms with Crippen LogP contribution in [-0.4, -0.2) is 34.9 Å². The van der Waals surface area contributed by atoms with E-state index < -0.39 is 12.1 Å². The molecule has 3 N–H and O–H groups in total. The molecule has 2 atom stereocenters. The van der Waals surface area contributed by atoms with E-state index in [1.54, 1.807) is 6.08 Å². The number of hydrogen-bond donors (Lipinski definition) is 3. The Morgan fingerprint density at radius 1 is 0.719 bits per heavy atom. The number of amides is 1. The second kappa shape index (κ2) is 24.8. The fourth-order valence-corrected chi connectivity index (χ4v) is 4.06. The van der Waals surface area contributed by atoms with Crippen molar-refractivity contribution in [1.82, 2.24) is 5.32 Å². The van der Waals surface area contributed by atoms with Gasteiger partial charge in [-0.05, 0) is 19.3 Å². The Morgan fingerprint density at radius 3 is 1.62 bits per heavy atom. The molecule has 0 heterocycles. The number of hydrogen-bond acceptors (Lipinski definition) is 3. The fourth-order valence-electron chi connectivity index (χ4n) is 4.06. The average molecular weight is 454 g/mol. The van der Waals surface area contributed by atoms with Crippen LogP contribution in [0.1, 0.15) is 142 Å². The van der Waals surface area contributed by atoms with Crippen LogP contribution in [0.25, 0.3) is 0 Å². The maximum atomic E-state index is 12.1. The summed E-state index contributed by atoms with van der Waals surface area (Å²) >= 11 is 0. The molecular formula is C28H55NO3. The molecule has 0 saturated heterocycles. The van der Waals surface area contributed by atoms with Gasteiger partial charge in [0.25, 0.3) is 0 Å². The molecule has 0 aromatic carbocycles. The smallest absolute Gasteiger partial charge is 0.220 e. The summed E-state index contributed by atoms with van der Waals surface area (Å²) in [5, 5.41) is 22.6. The summed E-state index contributed by atoms with van der Waals surface area (Å²) in [7, 11) is 0. The van der Waals surface area contributed by atoms with E-state index in [1.165, 1.54) is 96.3 Å². The molecule has 4 heteroatoms. The standard InChI is InChI=1S/C28H55NO3/c1-3-5-7-9-11-13-15-17-19-21-23-27(31)26(25-30)29-28(32)24-22-20-18-16-14-12-10-8-6-4-2/h21,23,26-27,30-31H,3-20,22,24-25H2,1-2H3,(H,29,32)/b23-21+/t26-,27+/m0/s1. The van der Waals surface area contributed by atoms with Gasteiger partial charge in [-0.2, -0.15) is 0 Å². The van der Waals surface area contributed by atoms with Gasteiger partial charge in [0.1, 0.15) is 0 Å². The molecular weight excluding hydrogens is 398 g/mol. The van der Waals surface area contributed by atoms with Gasteiger partial charge in [0.15, 0.2) is 0 Å². The third kappa shape index (κ3) is 21.0. The maximum Gasteiger partial charge on any atom is 0.220 e. The van der Waals surface area contributed by atoms with Gasteiger partial charge < -0.3 is 15.5 Å². The van der Waals surface area contributed by atoms with Gasteiger partial charge in [-0.25, -0.2) is 0 Å². The molecule has 0 fully saturated rings. The van der Waals surface area contributed by atoms with Crippen molar-refractivity contribution in [3.8, 4) is 0 Å². The molecule has 0 aliphatic rings. The van der Waals surface area contributed by atoms with E-state index in [4.69, 9.17) is 0 Å². The summed E-state index contributed by atoms with van der Waals surface area (Å²) in [6, 6.07) is -0.611. The highest BCUT2D eigenvalue weighted by atomic mass is 16.3. The molecule has 0 radical (unpaired) electrons. The van der Waals surface area contributed by atoms with Crippen LogP contribution >= 0.6 is 0 Å². The van der Waals surface area contributed by atoms with E-state index in [0.29, 0.717) is 6.42 Å². The van der Waals surface area contributed by atoms with Crippen molar-refractivity contribution in [2.24, 2.45) is 0 Å². The van der Waals surface area contributed by atoms with Crippen molar-refractivity contribution in [2.75, 3.05) is 6.61 Å². The third-order valence-electron chi connectivity index (χ3n) is 6.27. The molecule has 0 aliphatic carbocycles. The van der Waals surface area contributed by atoms with Crippen molar-refractivity contribution in [3.05, 3.63) is 12.2 Å². The monoisotopic (exact) mass is 453 g/mol. The van der Waals surface area contributed by atoms with Crippen molar-refractivity contribution >= 4 is 5.91 Å². The van der Waals surface area contributed by atoms with E-state index >= 15 is 0 Å². The lowest BCUT2D eigenvalue weighted by Crippen LogP contribution is -2.45. The molecule has 0 aliphatic heterocycles. The molecule has 4 nitrogen and oxygen atoms in total. The first-order valence-electron chi connectivity index (χ1n) is 13.9. The lowest BCUT2D eigenvalue weighted by molar-refractivity contribution is -0.123. The summed E-state index contributed by atoms with van der Waals surface area (Å²) < 4.78 is 0. The maximum absolute atomic E-state index is 12.1. The summed E-state index contributed by atoms with van der Waals surface area (Å²) in [5.41, 5.74) is 0. The Bertz CT molecular complexity index is 425. The van der Waals surface area contributed by atoms with E-state index in [2.05, 4.69) is 19.2 Å². The lowest BCUT2D eigenvalue weighted by Gasteiger charge is -2.20. The number of rotatable bonds is 24. The molecule has 1 amide bonds. The predicted octanol–water partition coefficient (Wildman–Crippen LogP) is 7.22. The zero-order chi connectivity index (χ0) is 23.7. The largest absolute Gasteiger partial charge is 0.394 e. The predicted molar refractivity (Wildman–Crippen MR) is 138 cm³/mol. The van der Waals surface area contributed by atoms with E-state index in [-0.39, 0.29) is 12.5 Å². The van der Waals surface area contributed by atoms with E-state index in [9.17, 15) is 15.0 Å². The van der Waals surface area contributed by atoms with Gasteiger partial charge >= 0.3 is 0 Å². The minimum Gasteiger partial charge on any atom is -0.394 e. The number of carbonyl (C=O) groups excluding carboxylic acids is 1. The van der Waals surface area contributed by atoms with Gasteiger partial charge in [0.2, 0.25) is 5.91 Å². The minimum atomic E-state index is -0.828. The quantitative estimate of drug-likeness (QED) is 0.107. The molecule has 0 spiro atoms. The first-order valence-corrected chi connectivity index (χ1v) is 13.9. The van der Waals surface area contributed by atoms with Crippen LogP contribution < -0.4 is 5.32 Å². The van der Waals surface area contributed by atoms with Gasteiger partial charge in [-0.3, -0.25) is 4.79 Å². The summed E-state index contributed by atoms with van der Waals surface area (Å²) in [6.45, 7) is 4.24. The second-order valence-corrected chi connectivity index (χ2v) is 9.47. The van der Waals surface area contributed by atoms with Crippen LogP contribution in [0.2, 0.25) is 0 Å². The Hall–Kier alpha value is -0.870. The zero-order valence-corrected chi connectivity index (χ0v) is 21.5. The van der Waals surface area contributed by atoms with E-state index in [1.807, 2.05) is 6.08 Å². The van der Waals surface area contributed by atoms with Crippen molar-refractivity contribution in [1.29, 1.82) is 0 Å². The number of aliphatic hydroxyl groups excluding tert-OH is 2. The van der Waals surface area contributed by atoms with E-state index in [0.717, 1.165) is 25.7 Å². The van der Waals surface area contributed by atoms with Crippen LogP contribution in [-0.2, 0) is 4.79 Å². The fraction of sp³-hybridized carbons (Fsp3) is 0.893. The summed E-state index contributed by atoms with van der Waals surface area (Å²) in [6.07, 6.45) is 27.0. The van der Waals surface area contributed by atoms with Crippen LogP contribution in [0.3, 0.4) is 0 Å². The number of allylic oxidation sites excluding steroid dienone is 1. The second-order valence-electron chi connectivity index (χ2n) is 9.47. The summed E-state index contributed by atoms with van der Waals surface area (Å²) in [4.78, 5) is 12.1. The SMILES string of the molecule is CCCCCCCCCC/C=C/[C@@H](O)[C@H](CO)NC(=O)CCCCCCCCCCCC. The number of aliphatic hydroxyl groups is 2. The first kappa shape index (κ1) is 31.1. The Kier molecular flexibility index (Phi) is 24.1. The third-order valence-corrected chi connectivity index (χ3v) is 6.27. The normalized spacial score (nSPS) is 13.5. The van der Waals surface area contributed by atoms with Crippen LogP contribution in [0.5, 0.6) is 0 Å². The van der Waals surface area contributed by atoms with Crippen LogP contribution in [0.15, 0.2) is 12.2 Å².